The van der Waals surface area contributed by atoms with E-state index in [-0.39, 0.29) is 11.9 Å². The normalized spacial score (nSPS) is 20.1. The highest BCUT2D eigenvalue weighted by molar-refractivity contribution is 5.92. The zero-order valence-electron chi connectivity index (χ0n) is 16.7. The number of ether oxygens (including phenoxy) is 1. The highest BCUT2D eigenvalue weighted by Crippen LogP contribution is 2.20. The summed E-state index contributed by atoms with van der Waals surface area (Å²) in [6, 6.07) is 7.70. The first-order valence-electron chi connectivity index (χ1n) is 10.4. The van der Waals surface area contributed by atoms with Gasteiger partial charge in [-0.1, -0.05) is 6.07 Å². The lowest BCUT2D eigenvalue weighted by Gasteiger charge is -2.31. The molecule has 8 nitrogen and oxygen atoms in total. The molecule has 29 heavy (non-hydrogen) atoms. The molecule has 2 fully saturated rings. The third-order valence-electron chi connectivity index (χ3n) is 5.46. The van der Waals surface area contributed by atoms with Gasteiger partial charge in [-0.05, 0) is 50.6 Å². The van der Waals surface area contributed by atoms with Gasteiger partial charge in [-0.25, -0.2) is 9.97 Å². The third kappa shape index (κ3) is 5.07. The van der Waals surface area contributed by atoms with Crippen molar-refractivity contribution < 1.29 is 9.53 Å². The Balaban J connectivity index is 1.58. The molecule has 0 saturated carbocycles. The van der Waals surface area contributed by atoms with Crippen LogP contribution in [0, 0.1) is 0 Å². The van der Waals surface area contributed by atoms with Crippen molar-refractivity contribution in [3.05, 3.63) is 48.0 Å². The van der Waals surface area contributed by atoms with Crippen molar-refractivity contribution >= 4 is 11.9 Å². The van der Waals surface area contributed by atoms with Gasteiger partial charge in [-0.15, -0.1) is 0 Å². The van der Waals surface area contributed by atoms with Crippen LogP contribution >= 0.6 is 0 Å². The number of carbonyl (C=O) groups excluding carboxylic acids is 1. The average Bonchev–Trinajstić information content (AvgIpc) is 3.08. The molecular weight excluding hydrogens is 368 g/mol. The number of aromatic nitrogens is 3. The van der Waals surface area contributed by atoms with Crippen LogP contribution in [-0.4, -0.2) is 71.2 Å². The van der Waals surface area contributed by atoms with Gasteiger partial charge in [0.1, 0.15) is 5.69 Å². The molecule has 1 N–H and O–H groups in total. The standard InChI is InChI=1S/C21H28N6O2/c28-20(19-7-11-24-21(25-19)26-12-14-29-15-13-26)27(16-17-4-1-2-9-23-17)18-5-3-8-22-10-6-18/h1-2,4,7,9,11,18,22H,3,5-6,8,10,12-16H2. The second kappa shape index (κ2) is 9.76. The molecule has 8 heteroatoms. The Morgan fingerprint density at radius 2 is 2.03 bits per heavy atom. The number of morpholine rings is 1. The molecule has 1 atom stereocenters. The van der Waals surface area contributed by atoms with Gasteiger partial charge in [0.15, 0.2) is 0 Å². The van der Waals surface area contributed by atoms with Crippen molar-refractivity contribution in [3.63, 3.8) is 0 Å². The topological polar surface area (TPSA) is 83.5 Å². The van der Waals surface area contributed by atoms with Gasteiger partial charge in [0.05, 0.1) is 25.5 Å². The number of amides is 1. The molecule has 2 aliphatic rings. The molecule has 0 spiro atoms. The first kappa shape index (κ1) is 19.7. The number of hydrogen-bond donors (Lipinski definition) is 1. The van der Waals surface area contributed by atoms with Crippen LogP contribution in [0.1, 0.15) is 35.4 Å². The maximum Gasteiger partial charge on any atom is 0.273 e. The summed E-state index contributed by atoms with van der Waals surface area (Å²) in [5.74, 6) is 0.541. The number of rotatable bonds is 5. The lowest BCUT2D eigenvalue weighted by molar-refractivity contribution is 0.0636. The maximum atomic E-state index is 13.5. The molecule has 0 radical (unpaired) electrons. The number of nitrogens with one attached hydrogen (secondary N) is 1. The van der Waals surface area contributed by atoms with Crippen LogP contribution in [-0.2, 0) is 11.3 Å². The summed E-state index contributed by atoms with van der Waals surface area (Å²) in [6.07, 6.45) is 6.42. The summed E-state index contributed by atoms with van der Waals surface area (Å²) in [4.78, 5) is 31.0. The summed E-state index contributed by atoms with van der Waals surface area (Å²) in [5.41, 5.74) is 1.33. The van der Waals surface area contributed by atoms with Gasteiger partial charge in [0, 0.05) is 31.5 Å². The molecule has 4 heterocycles. The minimum Gasteiger partial charge on any atom is -0.378 e. The maximum absolute atomic E-state index is 13.5. The Labute approximate surface area is 171 Å². The van der Waals surface area contributed by atoms with Crippen molar-refractivity contribution in [1.82, 2.24) is 25.2 Å². The van der Waals surface area contributed by atoms with Crippen molar-refractivity contribution in [2.75, 3.05) is 44.3 Å². The van der Waals surface area contributed by atoms with E-state index < -0.39 is 0 Å². The highest BCUT2D eigenvalue weighted by atomic mass is 16.5. The number of pyridine rings is 1. The van der Waals surface area contributed by atoms with E-state index in [2.05, 4.69) is 25.2 Å². The van der Waals surface area contributed by atoms with Crippen LogP contribution in [0.5, 0.6) is 0 Å². The van der Waals surface area contributed by atoms with Crippen LogP contribution in [0.2, 0.25) is 0 Å². The molecule has 154 valence electrons. The smallest absolute Gasteiger partial charge is 0.273 e. The van der Waals surface area contributed by atoms with Gasteiger partial charge in [0.25, 0.3) is 5.91 Å². The van der Waals surface area contributed by atoms with E-state index in [9.17, 15) is 4.79 Å². The van der Waals surface area contributed by atoms with Crippen LogP contribution in [0.25, 0.3) is 0 Å². The summed E-state index contributed by atoms with van der Waals surface area (Å²) in [5, 5.41) is 3.43. The molecule has 2 saturated heterocycles. The predicted octanol–water partition coefficient (Wildman–Crippen LogP) is 1.49. The molecule has 0 aliphatic carbocycles. The fraction of sp³-hybridized carbons (Fsp3) is 0.524. The van der Waals surface area contributed by atoms with Crippen LogP contribution in [0.15, 0.2) is 36.7 Å². The van der Waals surface area contributed by atoms with Crippen molar-refractivity contribution in [1.29, 1.82) is 0 Å². The molecule has 2 aliphatic heterocycles. The Morgan fingerprint density at radius 3 is 2.86 bits per heavy atom. The lowest BCUT2D eigenvalue weighted by Crippen LogP contribution is -2.41. The molecule has 1 amide bonds. The van der Waals surface area contributed by atoms with Crippen molar-refractivity contribution in [3.8, 4) is 0 Å². The van der Waals surface area contributed by atoms with E-state index in [0.29, 0.717) is 31.4 Å². The zero-order valence-corrected chi connectivity index (χ0v) is 16.7. The number of anilines is 1. The monoisotopic (exact) mass is 396 g/mol. The van der Waals surface area contributed by atoms with E-state index in [1.54, 1.807) is 18.5 Å². The zero-order chi connectivity index (χ0) is 19.9. The van der Waals surface area contributed by atoms with Gasteiger partial charge in [-0.2, -0.15) is 0 Å². The van der Waals surface area contributed by atoms with Gasteiger partial charge < -0.3 is 19.9 Å². The van der Waals surface area contributed by atoms with E-state index in [1.165, 1.54) is 0 Å². The molecule has 1 unspecified atom stereocenters. The average molecular weight is 396 g/mol. The van der Waals surface area contributed by atoms with E-state index >= 15 is 0 Å². The van der Waals surface area contributed by atoms with Crippen LogP contribution in [0.4, 0.5) is 5.95 Å². The largest absolute Gasteiger partial charge is 0.378 e. The minimum absolute atomic E-state index is 0.0561. The van der Waals surface area contributed by atoms with E-state index in [0.717, 1.165) is 51.1 Å². The molecule has 0 bridgehead atoms. The predicted molar refractivity (Wildman–Crippen MR) is 110 cm³/mol. The van der Waals surface area contributed by atoms with E-state index in [4.69, 9.17) is 4.74 Å². The van der Waals surface area contributed by atoms with Crippen molar-refractivity contribution in [2.24, 2.45) is 0 Å². The molecule has 2 aromatic heterocycles. The van der Waals surface area contributed by atoms with Gasteiger partial charge in [0.2, 0.25) is 5.95 Å². The fourth-order valence-electron chi connectivity index (χ4n) is 3.88. The number of hydrogen-bond acceptors (Lipinski definition) is 7. The lowest BCUT2D eigenvalue weighted by atomic mass is 10.1. The summed E-state index contributed by atoms with van der Waals surface area (Å²) >= 11 is 0. The first-order valence-corrected chi connectivity index (χ1v) is 10.4. The Bertz CT molecular complexity index is 789. The summed E-state index contributed by atoms with van der Waals surface area (Å²) in [6.45, 7) is 5.19. The third-order valence-corrected chi connectivity index (χ3v) is 5.46. The Morgan fingerprint density at radius 1 is 1.14 bits per heavy atom. The highest BCUT2D eigenvalue weighted by Gasteiger charge is 2.27. The second-order valence-electron chi connectivity index (χ2n) is 7.43. The van der Waals surface area contributed by atoms with Crippen LogP contribution < -0.4 is 10.2 Å². The number of nitrogens with zero attached hydrogens (tertiary/aromatic N) is 5. The van der Waals surface area contributed by atoms with Crippen LogP contribution in [0.3, 0.4) is 0 Å². The van der Waals surface area contributed by atoms with Gasteiger partial charge >= 0.3 is 0 Å². The van der Waals surface area contributed by atoms with Crippen molar-refractivity contribution in [2.45, 2.75) is 31.8 Å². The fourth-order valence-corrected chi connectivity index (χ4v) is 3.88. The van der Waals surface area contributed by atoms with Gasteiger partial charge in [-0.3, -0.25) is 9.78 Å². The minimum atomic E-state index is -0.0561. The number of carbonyl (C=O) groups is 1. The molecule has 0 aromatic carbocycles. The summed E-state index contributed by atoms with van der Waals surface area (Å²) in [7, 11) is 0. The molecular formula is C21H28N6O2. The van der Waals surface area contributed by atoms with E-state index in [1.807, 2.05) is 23.1 Å². The quantitative estimate of drug-likeness (QED) is 0.820. The first-order chi connectivity index (χ1) is 14.3. The Hall–Kier alpha value is -2.58. The SMILES string of the molecule is O=C(c1ccnc(N2CCOCC2)n1)N(Cc1ccccn1)C1CCCNCC1. The molecule has 2 aromatic rings. The Kier molecular flexibility index (Phi) is 6.63. The second-order valence-corrected chi connectivity index (χ2v) is 7.43. The summed E-state index contributed by atoms with van der Waals surface area (Å²) < 4.78 is 5.41. The molecule has 4 rings (SSSR count).